The molecule has 1 N–H and O–H groups in total. The Hall–Kier alpha value is -0.980. The van der Waals surface area contributed by atoms with Crippen LogP contribution >= 0.6 is 0 Å². The molecule has 2 rings (SSSR count). The van der Waals surface area contributed by atoms with Crippen LogP contribution in [0.25, 0.3) is 0 Å². The summed E-state index contributed by atoms with van der Waals surface area (Å²) in [6.07, 6.45) is 1.50. The lowest BCUT2D eigenvalue weighted by molar-refractivity contribution is 0.0246. The van der Waals surface area contributed by atoms with Crippen LogP contribution in [0.4, 0.5) is 0 Å². The molecule has 6 nitrogen and oxygen atoms in total. The Bertz CT molecular complexity index is 310. The lowest BCUT2D eigenvalue weighted by Gasteiger charge is -2.21. The van der Waals surface area contributed by atoms with Gasteiger partial charge in [-0.3, -0.25) is 0 Å². The number of hydrogen-bond acceptors (Lipinski definition) is 6. The first-order valence-electron chi connectivity index (χ1n) is 5.51. The molecule has 90 valence electrons. The fourth-order valence-corrected chi connectivity index (χ4v) is 1.61. The summed E-state index contributed by atoms with van der Waals surface area (Å²) in [5.41, 5.74) is 0. The molecule has 0 aromatic carbocycles. The van der Waals surface area contributed by atoms with Crippen molar-refractivity contribution in [2.45, 2.75) is 18.9 Å². The van der Waals surface area contributed by atoms with Gasteiger partial charge in [-0.2, -0.15) is 4.98 Å². The molecule has 0 aliphatic carbocycles. The zero-order valence-electron chi connectivity index (χ0n) is 9.44. The van der Waals surface area contributed by atoms with Crippen LogP contribution in [0.15, 0.2) is 4.52 Å². The predicted molar refractivity (Wildman–Crippen MR) is 56.2 cm³/mol. The highest BCUT2D eigenvalue weighted by Crippen LogP contribution is 2.06. The molecule has 1 fully saturated rings. The number of methoxy groups -OCH3 is 1. The van der Waals surface area contributed by atoms with Crippen molar-refractivity contribution in [3.63, 3.8) is 0 Å². The third kappa shape index (κ3) is 3.26. The second kappa shape index (κ2) is 5.93. The van der Waals surface area contributed by atoms with E-state index in [1.54, 1.807) is 7.11 Å². The number of aromatic nitrogens is 2. The van der Waals surface area contributed by atoms with Crippen LogP contribution in [0.5, 0.6) is 0 Å². The molecular weight excluding hydrogens is 210 g/mol. The SMILES string of the molecule is COCCc1noc(CC2CNCCO2)n1. The van der Waals surface area contributed by atoms with Crippen LogP contribution < -0.4 is 5.32 Å². The van der Waals surface area contributed by atoms with E-state index in [0.29, 0.717) is 31.2 Å². The molecule has 0 radical (unpaired) electrons. The van der Waals surface area contributed by atoms with Crippen LogP contribution in [0.3, 0.4) is 0 Å². The van der Waals surface area contributed by atoms with Gasteiger partial charge in [0, 0.05) is 26.6 Å². The molecule has 2 heterocycles. The van der Waals surface area contributed by atoms with Crippen molar-refractivity contribution in [1.82, 2.24) is 15.5 Å². The first-order chi connectivity index (χ1) is 7.88. The Balaban J connectivity index is 1.81. The number of nitrogens with one attached hydrogen (secondary N) is 1. The van der Waals surface area contributed by atoms with Gasteiger partial charge in [0.05, 0.1) is 25.7 Å². The molecule has 1 aromatic heterocycles. The van der Waals surface area contributed by atoms with E-state index in [-0.39, 0.29) is 6.10 Å². The summed E-state index contributed by atoms with van der Waals surface area (Å²) >= 11 is 0. The Morgan fingerprint density at radius 3 is 3.25 bits per heavy atom. The molecular formula is C10H17N3O3. The van der Waals surface area contributed by atoms with E-state index in [2.05, 4.69) is 15.5 Å². The van der Waals surface area contributed by atoms with Gasteiger partial charge < -0.3 is 19.3 Å². The van der Waals surface area contributed by atoms with Gasteiger partial charge in [-0.25, -0.2) is 0 Å². The molecule has 16 heavy (non-hydrogen) atoms. The normalized spacial score (nSPS) is 21.2. The summed E-state index contributed by atoms with van der Waals surface area (Å²) in [4.78, 5) is 4.28. The summed E-state index contributed by atoms with van der Waals surface area (Å²) in [5.74, 6) is 1.33. The molecule has 1 unspecified atom stereocenters. The second-order valence-electron chi connectivity index (χ2n) is 3.75. The molecule has 0 saturated carbocycles. The van der Waals surface area contributed by atoms with Crippen molar-refractivity contribution >= 4 is 0 Å². The molecule has 6 heteroatoms. The fraction of sp³-hybridized carbons (Fsp3) is 0.800. The molecule has 1 atom stereocenters. The Morgan fingerprint density at radius 2 is 2.50 bits per heavy atom. The van der Waals surface area contributed by atoms with E-state index in [0.717, 1.165) is 19.7 Å². The second-order valence-corrected chi connectivity index (χ2v) is 3.75. The highest BCUT2D eigenvalue weighted by atomic mass is 16.5. The van der Waals surface area contributed by atoms with Crippen molar-refractivity contribution in [3.8, 4) is 0 Å². The lowest BCUT2D eigenvalue weighted by atomic mass is 10.2. The lowest BCUT2D eigenvalue weighted by Crippen LogP contribution is -2.39. The summed E-state index contributed by atoms with van der Waals surface area (Å²) < 4.78 is 15.6. The van der Waals surface area contributed by atoms with Crippen molar-refractivity contribution in [2.75, 3.05) is 33.4 Å². The highest BCUT2D eigenvalue weighted by molar-refractivity contribution is 4.89. The minimum atomic E-state index is 0.143. The van der Waals surface area contributed by atoms with E-state index < -0.39 is 0 Å². The van der Waals surface area contributed by atoms with Crippen molar-refractivity contribution in [1.29, 1.82) is 0 Å². The van der Waals surface area contributed by atoms with Gasteiger partial charge in [-0.15, -0.1) is 0 Å². The Kier molecular flexibility index (Phi) is 4.26. The molecule has 1 aliphatic heterocycles. The third-order valence-electron chi connectivity index (χ3n) is 2.45. The maximum absolute atomic E-state index is 5.56. The standard InChI is InChI=1S/C10H17N3O3/c1-14-4-2-9-12-10(16-13-9)6-8-7-11-3-5-15-8/h8,11H,2-7H2,1H3. The zero-order valence-corrected chi connectivity index (χ0v) is 9.44. The smallest absolute Gasteiger partial charge is 0.229 e. The zero-order chi connectivity index (χ0) is 11.2. The van der Waals surface area contributed by atoms with Gasteiger partial charge in [-0.05, 0) is 0 Å². The van der Waals surface area contributed by atoms with Gasteiger partial charge in [0.15, 0.2) is 5.82 Å². The molecule has 1 aromatic rings. The number of hydrogen-bond donors (Lipinski definition) is 1. The van der Waals surface area contributed by atoms with Crippen LogP contribution in [0.1, 0.15) is 11.7 Å². The van der Waals surface area contributed by atoms with Crippen LogP contribution in [-0.2, 0) is 22.3 Å². The van der Waals surface area contributed by atoms with Gasteiger partial charge >= 0.3 is 0 Å². The van der Waals surface area contributed by atoms with E-state index in [9.17, 15) is 0 Å². The largest absolute Gasteiger partial charge is 0.384 e. The van der Waals surface area contributed by atoms with Crippen molar-refractivity contribution in [2.24, 2.45) is 0 Å². The number of morpholine rings is 1. The topological polar surface area (TPSA) is 69.4 Å². The number of rotatable bonds is 5. The van der Waals surface area contributed by atoms with Crippen LogP contribution in [-0.4, -0.2) is 49.7 Å². The maximum atomic E-state index is 5.56. The summed E-state index contributed by atoms with van der Waals surface area (Å²) in [6, 6.07) is 0. The van der Waals surface area contributed by atoms with Crippen LogP contribution in [0.2, 0.25) is 0 Å². The Morgan fingerprint density at radius 1 is 1.56 bits per heavy atom. The van der Waals surface area contributed by atoms with Crippen LogP contribution in [0, 0.1) is 0 Å². The van der Waals surface area contributed by atoms with E-state index >= 15 is 0 Å². The maximum Gasteiger partial charge on any atom is 0.229 e. The average Bonchev–Trinajstić information content (AvgIpc) is 2.75. The van der Waals surface area contributed by atoms with Gasteiger partial charge in [0.2, 0.25) is 5.89 Å². The predicted octanol–water partition coefficient (Wildman–Crippen LogP) is -0.211. The summed E-state index contributed by atoms with van der Waals surface area (Å²) in [6.45, 7) is 3.12. The third-order valence-corrected chi connectivity index (χ3v) is 2.45. The highest BCUT2D eigenvalue weighted by Gasteiger charge is 2.17. The fourth-order valence-electron chi connectivity index (χ4n) is 1.61. The molecule has 1 saturated heterocycles. The first kappa shape index (κ1) is 11.5. The Labute approximate surface area is 94.3 Å². The van der Waals surface area contributed by atoms with Gasteiger partial charge in [0.1, 0.15) is 0 Å². The van der Waals surface area contributed by atoms with Gasteiger partial charge in [-0.1, -0.05) is 5.16 Å². The van der Waals surface area contributed by atoms with Gasteiger partial charge in [0.25, 0.3) is 0 Å². The van der Waals surface area contributed by atoms with E-state index in [4.69, 9.17) is 14.0 Å². The monoisotopic (exact) mass is 227 g/mol. The summed E-state index contributed by atoms with van der Waals surface area (Å²) in [5, 5.41) is 7.14. The van der Waals surface area contributed by atoms with Crippen molar-refractivity contribution < 1.29 is 14.0 Å². The minimum absolute atomic E-state index is 0.143. The molecule has 0 bridgehead atoms. The summed E-state index contributed by atoms with van der Waals surface area (Å²) in [7, 11) is 1.66. The minimum Gasteiger partial charge on any atom is -0.384 e. The molecule has 0 amide bonds. The van der Waals surface area contributed by atoms with Crippen molar-refractivity contribution in [3.05, 3.63) is 11.7 Å². The van der Waals surface area contributed by atoms with E-state index in [1.165, 1.54) is 0 Å². The quantitative estimate of drug-likeness (QED) is 0.750. The number of nitrogens with zero attached hydrogens (tertiary/aromatic N) is 2. The average molecular weight is 227 g/mol. The first-order valence-corrected chi connectivity index (χ1v) is 5.51. The number of ether oxygens (including phenoxy) is 2. The molecule has 1 aliphatic rings. The van der Waals surface area contributed by atoms with E-state index in [1.807, 2.05) is 0 Å². The molecule has 0 spiro atoms.